The first-order chi connectivity index (χ1) is 12.6. The summed E-state index contributed by atoms with van der Waals surface area (Å²) in [4.78, 5) is 14.5. The molecule has 1 fully saturated rings. The molecule has 0 aromatic heterocycles. The van der Waals surface area contributed by atoms with Gasteiger partial charge in [0.1, 0.15) is 17.6 Å². The minimum atomic E-state index is -0.282. The van der Waals surface area contributed by atoms with Crippen molar-refractivity contribution in [3.05, 3.63) is 46.8 Å². The zero-order valence-corrected chi connectivity index (χ0v) is 14.7. The number of nitrogens with one attached hydrogen (secondary N) is 2. The Morgan fingerprint density at radius 2 is 2.04 bits per heavy atom. The molecule has 1 amide bonds. The molecule has 6 heteroatoms. The molecule has 2 aromatic carbocycles. The van der Waals surface area contributed by atoms with Crippen LogP contribution in [0.3, 0.4) is 0 Å². The van der Waals surface area contributed by atoms with Gasteiger partial charge < -0.3 is 15.0 Å². The van der Waals surface area contributed by atoms with Gasteiger partial charge in [-0.25, -0.2) is 4.39 Å². The number of hydrogen-bond acceptors (Lipinski definition) is 4. The van der Waals surface area contributed by atoms with Crippen LogP contribution in [0.15, 0.2) is 24.3 Å². The van der Waals surface area contributed by atoms with Crippen LogP contribution in [0.1, 0.15) is 22.7 Å². The van der Waals surface area contributed by atoms with Crippen LogP contribution in [-0.2, 0) is 17.8 Å². The average molecular weight is 353 g/mol. The summed E-state index contributed by atoms with van der Waals surface area (Å²) in [7, 11) is 3.68. The van der Waals surface area contributed by atoms with Crippen LogP contribution >= 0.6 is 0 Å². The zero-order chi connectivity index (χ0) is 18.0. The van der Waals surface area contributed by atoms with E-state index in [4.69, 9.17) is 4.74 Å². The SMILES string of the molecule is COc1ccc(F)cc1-c1cc2c(c3c1CCN(C)C3)NC(=O)C1NC21. The Morgan fingerprint density at radius 3 is 2.85 bits per heavy atom. The summed E-state index contributed by atoms with van der Waals surface area (Å²) in [6.07, 6.45) is 0.853. The maximum absolute atomic E-state index is 14.0. The van der Waals surface area contributed by atoms with Crippen LogP contribution in [0.25, 0.3) is 11.1 Å². The standard InChI is InChI=1S/C20H20FN3O2/c1-24-6-5-11-12(13-7-10(21)3-4-16(13)26-2)8-14-17(15(11)9-24)23-20(25)19-18(14)22-19/h3-4,7-8,18-19,22H,5-6,9H2,1-2H3,(H,23,25). The third-order valence-corrected chi connectivity index (χ3v) is 5.65. The van der Waals surface area contributed by atoms with Crippen molar-refractivity contribution in [2.75, 3.05) is 26.0 Å². The highest BCUT2D eigenvalue weighted by Crippen LogP contribution is 2.47. The number of carbonyl (C=O) groups is 1. The fourth-order valence-electron chi connectivity index (χ4n) is 4.27. The smallest absolute Gasteiger partial charge is 0.243 e. The minimum absolute atomic E-state index is 0.0361. The van der Waals surface area contributed by atoms with Gasteiger partial charge in [-0.2, -0.15) is 0 Å². The Labute approximate surface area is 151 Å². The molecule has 134 valence electrons. The summed E-state index contributed by atoms with van der Waals surface area (Å²) < 4.78 is 19.5. The van der Waals surface area contributed by atoms with Crippen molar-refractivity contribution in [1.29, 1.82) is 0 Å². The minimum Gasteiger partial charge on any atom is -0.496 e. The average Bonchev–Trinajstić information content (AvgIpc) is 3.43. The molecule has 5 nitrogen and oxygen atoms in total. The van der Waals surface area contributed by atoms with Gasteiger partial charge in [0, 0.05) is 18.7 Å². The lowest BCUT2D eigenvalue weighted by molar-refractivity contribution is -0.116. The second-order valence-corrected chi connectivity index (χ2v) is 7.29. The van der Waals surface area contributed by atoms with E-state index in [-0.39, 0.29) is 23.8 Å². The Hall–Kier alpha value is -2.44. The summed E-state index contributed by atoms with van der Waals surface area (Å²) in [6.45, 7) is 1.69. The third-order valence-electron chi connectivity index (χ3n) is 5.65. The molecule has 0 spiro atoms. The lowest BCUT2D eigenvalue weighted by atomic mass is 9.84. The Kier molecular flexibility index (Phi) is 3.36. The number of amides is 1. The molecule has 2 N–H and O–H groups in total. The highest BCUT2D eigenvalue weighted by atomic mass is 19.1. The Bertz CT molecular complexity index is 943. The fraction of sp³-hybridized carbons (Fsp3) is 0.350. The second-order valence-electron chi connectivity index (χ2n) is 7.29. The number of methoxy groups -OCH3 is 1. The first-order valence-corrected chi connectivity index (χ1v) is 8.85. The predicted octanol–water partition coefficient (Wildman–Crippen LogP) is 2.45. The number of rotatable bonds is 2. The number of hydrogen-bond donors (Lipinski definition) is 2. The Balaban J connectivity index is 1.77. The molecule has 3 aliphatic rings. The normalized spacial score (nSPS) is 23.6. The van der Waals surface area contributed by atoms with E-state index < -0.39 is 0 Å². The molecule has 2 unspecified atom stereocenters. The third kappa shape index (κ3) is 2.26. The predicted molar refractivity (Wildman–Crippen MR) is 96.7 cm³/mol. The molecular formula is C20H20FN3O2. The van der Waals surface area contributed by atoms with Crippen molar-refractivity contribution >= 4 is 11.6 Å². The quantitative estimate of drug-likeness (QED) is 0.814. The molecule has 2 aromatic rings. The van der Waals surface area contributed by atoms with Crippen molar-refractivity contribution in [3.8, 4) is 16.9 Å². The first kappa shape index (κ1) is 15.8. The van der Waals surface area contributed by atoms with Crippen LogP contribution in [0, 0.1) is 5.82 Å². The van der Waals surface area contributed by atoms with Gasteiger partial charge in [-0.3, -0.25) is 10.1 Å². The van der Waals surface area contributed by atoms with Crippen molar-refractivity contribution in [2.24, 2.45) is 0 Å². The van der Waals surface area contributed by atoms with Gasteiger partial charge in [-0.15, -0.1) is 0 Å². The summed E-state index contributed by atoms with van der Waals surface area (Å²) in [6, 6.07) is 6.64. The van der Waals surface area contributed by atoms with Crippen molar-refractivity contribution < 1.29 is 13.9 Å². The first-order valence-electron chi connectivity index (χ1n) is 8.85. The largest absolute Gasteiger partial charge is 0.496 e. The van der Waals surface area contributed by atoms with Gasteiger partial charge in [-0.1, -0.05) is 0 Å². The number of anilines is 1. The topological polar surface area (TPSA) is 63.5 Å². The van der Waals surface area contributed by atoms with Gasteiger partial charge in [0.2, 0.25) is 5.91 Å². The van der Waals surface area contributed by atoms with Crippen LogP contribution in [0.5, 0.6) is 5.75 Å². The van der Waals surface area contributed by atoms with Crippen LogP contribution < -0.4 is 15.4 Å². The van der Waals surface area contributed by atoms with Crippen LogP contribution in [0.4, 0.5) is 10.1 Å². The fourth-order valence-corrected chi connectivity index (χ4v) is 4.27. The maximum atomic E-state index is 14.0. The summed E-state index contributed by atoms with van der Waals surface area (Å²) >= 11 is 0. The zero-order valence-electron chi connectivity index (χ0n) is 14.7. The molecule has 0 bridgehead atoms. The molecule has 1 saturated heterocycles. The van der Waals surface area contributed by atoms with E-state index in [0.29, 0.717) is 5.75 Å². The lowest BCUT2D eigenvalue weighted by Gasteiger charge is -2.32. The van der Waals surface area contributed by atoms with Gasteiger partial charge in [0.05, 0.1) is 18.8 Å². The van der Waals surface area contributed by atoms with E-state index in [1.807, 2.05) is 0 Å². The molecule has 0 saturated carbocycles. The number of halogens is 1. The number of fused-ring (bicyclic) bond motifs is 5. The van der Waals surface area contributed by atoms with Crippen LogP contribution in [0.2, 0.25) is 0 Å². The molecule has 26 heavy (non-hydrogen) atoms. The summed E-state index contributed by atoms with van der Waals surface area (Å²) in [5.74, 6) is 0.414. The van der Waals surface area contributed by atoms with E-state index in [1.165, 1.54) is 11.6 Å². The highest BCUT2D eigenvalue weighted by Gasteiger charge is 2.49. The molecule has 3 heterocycles. The molecular weight excluding hydrogens is 333 g/mol. The highest BCUT2D eigenvalue weighted by molar-refractivity contribution is 6.03. The lowest BCUT2D eigenvalue weighted by Crippen LogP contribution is -2.31. The number of likely N-dealkylation sites (N-methyl/N-ethyl adjacent to an activating group) is 1. The van der Waals surface area contributed by atoms with Gasteiger partial charge in [0.15, 0.2) is 0 Å². The number of carbonyl (C=O) groups excluding carboxylic acids is 1. The maximum Gasteiger partial charge on any atom is 0.243 e. The Morgan fingerprint density at radius 1 is 1.19 bits per heavy atom. The second kappa shape index (κ2) is 5.53. The summed E-state index contributed by atoms with van der Waals surface area (Å²) in [5.41, 5.74) is 6.10. The van der Waals surface area contributed by atoms with Crippen molar-refractivity contribution in [2.45, 2.75) is 25.0 Å². The number of ether oxygens (including phenoxy) is 1. The van der Waals surface area contributed by atoms with Crippen molar-refractivity contribution in [3.63, 3.8) is 0 Å². The van der Waals surface area contributed by atoms with E-state index >= 15 is 0 Å². The number of nitrogens with zero attached hydrogens (tertiary/aromatic N) is 1. The van der Waals surface area contributed by atoms with E-state index in [9.17, 15) is 9.18 Å². The number of benzene rings is 2. The molecule has 3 aliphatic heterocycles. The van der Waals surface area contributed by atoms with Gasteiger partial charge in [-0.05, 0) is 60.0 Å². The van der Waals surface area contributed by atoms with E-state index in [0.717, 1.165) is 47.5 Å². The summed E-state index contributed by atoms with van der Waals surface area (Å²) in [5, 5.41) is 6.33. The monoisotopic (exact) mass is 353 g/mol. The molecule has 2 atom stereocenters. The molecule has 0 aliphatic carbocycles. The molecule has 5 rings (SSSR count). The van der Waals surface area contributed by atoms with Gasteiger partial charge >= 0.3 is 0 Å². The van der Waals surface area contributed by atoms with Crippen LogP contribution in [-0.4, -0.2) is 37.6 Å². The van der Waals surface area contributed by atoms with Crippen molar-refractivity contribution in [1.82, 2.24) is 10.2 Å². The molecule has 0 radical (unpaired) electrons. The van der Waals surface area contributed by atoms with Gasteiger partial charge in [0.25, 0.3) is 0 Å². The van der Waals surface area contributed by atoms with E-state index in [2.05, 4.69) is 28.6 Å². The van der Waals surface area contributed by atoms with E-state index in [1.54, 1.807) is 19.2 Å².